The Morgan fingerprint density at radius 3 is 2.65 bits per heavy atom. The van der Waals surface area contributed by atoms with Crippen LogP contribution in [0.25, 0.3) is 5.65 Å². The van der Waals surface area contributed by atoms with Crippen molar-refractivity contribution in [3.63, 3.8) is 0 Å². The van der Waals surface area contributed by atoms with Crippen LogP contribution < -0.4 is 15.7 Å². The van der Waals surface area contributed by atoms with Crippen molar-refractivity contribution in [2.24, 2.45) is 0 Å². The highest BCUT2D eigenvalue weighted by Crippen LogP contribution is 2.27. The minimum atomic E-state index is -5.00. The van der Waals surface area contributed by atoms with E-state index in [9.17, 15) is 31.5 Å². The second kappa shape index (κ2) is 8.42. The zero-order valence-electron chi connectivity index (χ0n) is 15.4. The number of rotatable bonds is 6. The molecule has 3 rings (SSSR count). The molecule has 2 aromatic heterocycles. The summed E-state index contributed by atoms with van der Waals surface area (Å²) in [6, 6.07) is 7.56. The van der Waals surface area contributed by atoms with Crippen LogP contribution in [0, 0.1) is 11.3 Å². The summed E-state index contributed by atoms with van der Waals surface area (Å²) >= 11 is 0. The van der Waals surface area contributed by atoms with Crippen LogP contribution in [0.2, 0.25) is 0 Å². The molecule has 3 aromatic rings. The lowest BCUT2D eigenvalue weighted by atomic mass is 10.1. The zero-order valence-corrected chi connectivity index (χ0v) is 15.4. The fraction of sp³-hybridized carbons (Fsp3) is 0.222. The molecule has 0 fully saturated rings. The van der Waals surface area contributed by atoms with Crippen LogP contribution in [0.3, 0.4) is 0 Å². The van der Waals surface area contributed by atoms with Gasteiger partial charge in [0.15, 0.2) is 5.65 Å². The van der Waals surface area contributed by atoms with Crippen molar-refractivity contribution in [3.8, 4) is 11.8 Å². The molecule has 0 aliphatic carbocycles. The lowest BCUT2D eigenvalue weighted by molar-refractivity contribution is -0.274. The van der Waals surface area contributed by atoms with E-state index in [-0.39, 0.29) is 28.9 Å². The number of nitrogens with zero attached hydrogens (tertiary/aromatic N) is 4. The molecule has 2 heterocycles. The van der Waals surface area contributed by atoms with E-state index in [1.54, 1.807) is 6.07 Å². The van der Waals surface area contributed by atoms with Gasteiger partial charge in [-0.2, -0.15) is 5.26 Å². The van der Waals surface area contributed by atoms with Crippen LogP contribution >= 0.6 is 0 Å². The number of halogens is 5. The maximum absolute atomic E-state index is 12.6. The Labute approximate surface area is 170 Å². The van der Waals surface area contributed by atoms with Crippen LogP contribution in [0.15, 0.2) is 41.3 Å². The molecule has 162 valence electrons. The Morgan fingerprint density at radius 2 is 2.00 bits per heavy atom. The molecule has 0 bridgehead atoms. The van der Waals surface area contributed by atoms with Gasteiger partial charge in [-0.15, -0.1) is 18.3 Å². The average molecular weight is 441 g/mol. The molecular formula is C18H12F5N5O3. The molecule has 0 aliphatic rings. The quantitative estimate of drug-likeness (QED) is 0.593. The Balaban J connectivity index is 1.81. The van der Waals surface area contributed by atoms with Gasteiger partial charge in [-0.05, 0) is 24.3 Å². The molecule has 0 unspecified atom stereocenters. The van der Waals surface area contributed by atoms with Crippen molar-refractivity contribution in [3.05, 3.63) is 63.7 Å². The van der Waals surface area contributed by atoms with Gasteiger partial charge in [0, 0.05) is 18.3 Å². The van der Waals surface area contributed by atoms with Gasteiger partial charge in [0.05, 0.1) is 17.2 Å². The van der Waals surface area contributed by atoms with Crippen LogP contribution in [0.1, 0.15) is 21.5 Å². The third kappa shape index (κ3) is 5.16. The summed E-state index contributed by atoms with van der Waals surface area (Å²) in [7, 11) is 0. The SMILES string of the molecule is N#Cc1ccc(CNC(=O)c2ccc3nn(CC(F)F)c(=O)n3c2)c(OC(F)(F)F)c1. The minimum Gasteiger partial charge on any atom is -0.405 e. The second-order valence-electron chi connectivity index (χ2n) is 6.17. The number of amides is 1. The summed E-state index contributed by atoms with van der Waals surface area (Å²) in [6.07, 6.45) is -6.73. The number of aromatic nitrogens is 3. The van der Waals surface area contributed by atoms with Gasteiger partial charge in [-0.3, -0.25) is 4.79 Å². The number of nitrogens with one attached hydrogen (secondary N) is 1. The number of carbonyl (C=O) groups excluding carboxylic acids is 1. The van der Waals surface area contributed by atoms with E-state index in [4.69, 9.17) is 5.26 Å². The predicted octanol–water partition coefficient (Wildman–Crippen LogP) is 2.46. The zero-order chi connectivity index (χ0) is 22.8. The van der Waals surface area contributed by atoms with E-state index < -0.39 is 36.7 Å². The molecule has 0 atom stereocenters. The number of alkyl halides is 5. The summed E-state index contributed by atoms with van der Waals surface area (Å²) in [5, 5.41) is 14.9. The molecule has 0 aliphatic heterocycles. The van der Waals surface area contributed by atoms with Gasteiger partial charge in [0.1, 0.15) is 12.3 Å². The summed E-state index contributed by atoms with van der Waals surface area (Å²) < 4.78 is 68.2. The molecule has 13 heteroatoms. The Kier molecular flexibility index (Phi) is 5.91. The molecule has 8 nitrogen and oxygen atoms in total. The van der Waals surface area contributed by atoms with Crippen molar-refractivity contribution in [2.75, 3.05) is 0 Å². The lowest BCUT2D eigenvalue weighted by Crippen LogP contribution is -2.26. The van der Waals surface area contributed by atoms with Crippen LogP contribution in [-0.4, -0.2) is 32.9 Å². The summed E-state index contributed by atoms with van der Waals surface area (Å²) in [6.45, 7) is -1.30. The Morgan fingerprint density at radius 1 is 1.26 bits per heavy atom. The largest absolute Gasteiger partial charge is 0.573 e. The van der Waals surface area contributed by atoms with Crippen LogP contribution in [0.5, 0.6) is 5.75 Å². The molecule has 1 amide bonds. The van der Waals surface area contributed by atoms with Crippen molar-refractivity contribution < 1.29 is 31.5 Å². The van der Waals surface area contributed by atoms with E-state index in [0.29, 0.717) is 4.68 Å². The number of hydrogen-bond acceptors (Lipinski definition) is 5. The summed E-state index contributed by atoms with van der Waals surface area (Å²) in [5.41, 5.74) is -1.01. The first-order chi connectivity index (χ1) is 14.6. The van der Waals surface area contributed by atoms with Gasteiger partial charge in [0.2, 0.25) is 0 Å². The van der Waals surface area contributed by atoms with Gasteiger partial charge in [-0.25, -0.2) is 22.7 Å². The molecule has 0 radical (unpaired) electrons. The normalized spacial score (nSPS) is 11.5. The topological polar surface area (TPSA) is 101 Å². The average Bonchev–Trinajstić information content (AvgIpc) is 2.99. The van der Waals surface area contributed by atoms with Gasteiger partial charge < -0.3 is 10.1 Å². The molecule has 1 N–H and O–H groups in total. The van der Waals surface area contributed by atoms with Crippen molar-refractivity contribution >= 4 is 11.6 Å². The van der Waals surface area contributed by atoms with Gasteiger partial charge in [-0.1, -0.05) is 6.07 Å². The van der Waals surface area contributed by atoms with E-state index in [0.717, 1.165) is 16.7 Å². The fourth-order valence-electron chi connectivity index (χ4n) is 2.67. The van der Waals surface area contributed by atoms with E-state index in [1.807, 2.05) is 0 Å². The number of benzene rings is 1. The number of fused-ring (bicyclic) bond motifs is 1. The summed E-state index contributed by atoms with van der Waals surface area (Å²) in [5.74, 6) is -1.40. The van der Waals surface area contributed by atoms with Crippen molar-refractivity contribution in [1.29, 1.82) is 5.26 Å². The smallest absolute Gasteiger partial charge is 0.405 e. The third-order valence-corrected chi connectivity index (χ3v) is 4.01. The van der Waals surface area contributed by atoms with Gasteiger partial charge >= 0.3 is 12.1 Å². The van der Waals surface area contributed by atoms with E-state index in [2.05, 4.69) is 15.2 Å². The molecule has 0 saturated heterocycles. The number of pyridine rings is 1. The Bertz CT molecular complexity index is 1230. The first-order valence-electron chi connectivity index (χ1n) is 8.52. The predicted molar refractivity (Wildman–Crippen MR) is 94.5 cm³/mol. The number of nitriles is 1. The summed E-state index contributed by atoms with van der Waals surface area (Å²) in [4.78, 5) is 24.5. The molecule has 0 saturated carbocycles. The van der Waals surface area contributed by atoms with Crippen molar-refractivity contribution in [1.82, 2.24) is 19.5 Å². The highest BCUT2D eigenvalue weighted by atomic mass is 19.4. The molecule has 31 heavy (non-hydrogen) atoms. The second-order valence-corrected chi connectivity index (χ2v) is 6.17. The highest BCUT2D eigenvalue weighted by Gasteiger charge is 2.32. The van der Waals surface area contributed by atoms with E-state index >= 15 is 0 Å². The standard InChI is InChI=1S/C18H12F5N5O3/c19-14(20)9-28-17(30)27-8-12(3-4-15(27)26-28)16(29)25-7-11-2-1-10(6-24)5-13(11)31-18(21,22)23/h1-5,8,14H,7,9H2,(H,25,29). The Hall–Kier alpha value is -3.95. The van der Waals surface area contributed by atoms with E-state index in [1.165, 1.54) is 24.3 Å². The lowest BCUT2D eigenvalue weighted by Gasteiger charge is -2.14. The number of carbonyl (C=O) groups is 1. The number of hydrogen-bond donors (Lipinski definition) is 1. The highest BCUT2D eigenvalue weighted by molar-refractivity contribution is 5.94. The maximum Gasteiger partial charge on any atom is 0.573 e. The van der Waals surface area contributed by atoms with Crippen LogP contribution in [-0.2, 0) is 13.1 Å². The monoisotopic (exact) mass is 441 g/mol. The van der Waals surface area contributed by atoms with Crippen molar-refractivity contribution in [2.45, 2.75) is 25.9 Å². The molecule has 0 spiro atoms. The third-order valence-electron chi connectivity index (χ3n) is 4.01. The first kappa shape index (κ1) is 21.8. The molecular weight excluding hydrogens is 429 g/mol. The van der Waals surface area contributed by atoms with Gasteiger partial charge in [0.25, 0.3) is 12.3 Å². The maximum atomic E-state index is 12.6. The minimum absolute atomic E-state index is 0.0372. The number of ether oxygens (including phenoxy) is 1. The molecule has 1 aromatic carbocycles. The van der Waals surface area contributed by atoms with Crippen LogP contribution in [0.4, 0.5) is 22.0 Å². The fourth-order valence-corrected chi connectivity index (χ4v) is 2.67. The first-order valence-corrected chi connectivity index (χ1v) is 8.52.